The molecule has 11 aromatic rings. The van der Waals surface area contributed by atoms with Crippen molar-refractivity contribution in [2.24, 2.45) is 0 Å². The van der Waals surface area contributed by atoms with Crippen LogP contribution < -0.4 is 0 Å². The number of aromatic nitrogens is 4. The van der Waals surface area contributed by atoms with Crippen molar-refractivity contribution in [3.05, 3.63) is 193 Å². The van der Waals surface area contributed by atoms with E-state index in [1.165, 1.54) is 58.7 Å². The van der Waals surface area contributed by atoms with Crippen molar-refractivity contribution in [1.29, 1.82) is 0 Å². The molecule has 0 spiro atoms. The van der Waals surface area contributed by atoms with Crippen molar-refractivity contribution in [2.45, 2.75) is 19.3 Å². The first-order valence-electron chi connectivity index (χ1n) is 20.1. The van der Waals surface area contributed by atoms with Crippen LogP contribution >= 0.6 is 11.3 Å². The van der Waals surface area contributed by atoms with Crippen molar-refractivity contribution < 1.29 is 0 Å². The van der Waals surface area contributed by atoms with Gasteiger partial charge in [-0.15, -0.1) is 11.3 Å². The van der Waals surface area contributed by atoms with Gasteiger partial charge in [-0.05, 0) is 70.3 Å². The number of thiophene rings is 1. The van der Waals surface area contributed by atoms with Gasteiger partial charge < -0.3 is 4.57 Å². The molecule has 3 aromatic heterocycles. The number of nitrogens with zero attached hydrogens (tertiary/aromatic N) is 4. The summed E-state index contributed by atoms with van der Waals surface area (Å²) in [5.41, 5.74) is 13.7. The molecule has 0 saturated carbocycles. The molecular weight excluding hydrogens is 737 g/mol. The zero-order valence-electron chi connectivity index (χ0n) is 32.5. The van der Waals surface area contributed by atoms with Crippen LogP contribution in [0.25, 0.3) is 104 Å². The summed E-state index contributed by atoms with van der Waals surface area (Å²) in [5, 5.41) is 5.02. The van der Waals surface area contributed by atoms with E-state index in [2.05, 4.69) is 164 Å². The first-order chi connectivity index (χ1) is 29.0. The highest BCUT2D eigenvalue weighted by Crippen LogP contribution is 2.51. The minimum Gasteiger partial charge on any atom is -0.309 e. The van der Waals surface area contributed by atoms with E-state index in [0.717, 1.165) is 39.0 Å². The zero-order chi connectivity index (χ0) is 39.2. The van der Waals surface area contributed by atoms with E-state index in [-0.39, 0.29) is 5.41 Å². The maximum absolute atomic E-state index is 5.18. The van der Waals surface area contributed by atoms with Crippen molar-refractivity contribution in [3.8, 4) is 62.1 Å². The molecule has 1 aliphatic rings. The van der Waals surface area contributed by atoms with E-state index in [1.807, 2.05) is 47.7 Å². The molecule has 0 N–H and O–H groups in total. The lowest BCUT2D eigenvalue weighted by Gasteiger charge is -2.22. The van der Waals surface area contributed by atoms with E-state index >= 15 is 0 Å². The van der Waals surface area contributed by atoms with Crippen LogP contribution in [0.4, 0.5) is 0 Å². The molecule has 59 heavy (non-hydrogen) atoms. The molecule has 12 rings (SSSR count). The standard InChI is InChI=1S/C54H36N4S/c1-54(2)44-22-12-9-19-38(44)41-31-42-39-20-10-13-23-46(39)58(48(42)32-45(41)54)47-30-36(25-27-37(47)35-26-28-50-43(29-35)40-21-11-14-24-49(40)59-50)53-56-51(33-15-5-3-6-16-33)55-52(57-53)34-17-7-4-8-18-34/h3-32H,1-2H3. The summed E-state index contributed by atoms with van der Waals surface area (Å²) >= 11 is 1.85. The Kier molecular flexibility index (Phi) is 7.41. The van der Waals surface area contributed by atoms with Gasteiger partial charge in [-0.1, -0.05) is 153 Å². The minimum atomic E-state index is -0.149. The number of hydrogen-bond acceptors (Lipinski definition) is 4. The summed E-state index contributed by atoms with van der Waals surface area (Å²) < 4.78 is 5.07. The van der Waals surface area contributed by atoms with E-state index < -0.39 is 0 Å². The zero-order valence-corrected chi connectivity index (χ0v) is 33.3. The molecule has 0 fully saturated rings. The average Bonchev–Trinajstić information content (AvgIpc) is 3.90. The van der Waals surface area contributed by atoms with Gasteiger partial charge in [0.2, 0.25) is 0 Å². The van der Waals surface area contributed by atoms with Crippen LogP contribution in [0.15, 0.2) is 182 Å². The second kappa shape index (κ2) is 12.9. The molecule has 4 nitrogen and oxygen atoms in total. The second-order valence-corrected chi connectivity index (χ2v) is 17.1. The predicted molar refractivity (Wildman–Crippen MR) is 246 cm³/mol. The molecule has 0 bridgehead atoms. The predicted octanol–water partition coefficient (Wildman–Crippen LogP) is 14.3. The van der Waals surface area contributed by atoms with Crippen LogP contribution in [0.3, 0.4) is 0 Å². The van der Waals surface area contributed by atoms with E-state index in [4.69, 9.17) is 15.0 Å². The SMILES string of the molecule is CC1(C)c2ccccc2-c2cc3c4ccccc4n(-c4cc(-c5nc(-c6ccccc6)nc(-c6ccccc6)n5)ccc4-c4ccc5sc6ccccc6c5c4)c3cc21. The Hall–Kier alpha value is -7.21. The van der Waals surface area contributed by atoms with Gasteiger partial charge in [0, 0.05) is 58.6 Å². The molecule has 0 unspecified atom stereocenters. The molecule has 278 valence electrons. The first kappa shape index (κ1) is 33.9. The Balaban J connectivity index is 1.16. The first-order valence-corrected chi connectivity index (χ1v) is 20.9. The van der Waals surface area contributed by atoms with Crippen LogP contribution in [0.5, 0.6) is 0 Å². The smallest absolute Gasteiger partial charge is 0.164 e. The van der Waals surface area contributed by atoms with Crippen LogP contribution in [-0.4, -0.2) is 19.5 Å². The van der Waals surface area contributed by atoms with Crippen molar-refractivity contribution in [2.75, 3.05) is 0 Å². The Morgan fingerprint density at radius 3 is 1.76 bits per heavy atom. The summed E-state index contributed by atoms with van der Waals surface area (Å²) in [7, 11) is 0. The fourth-order valence-electron chi connectivity index (χ4n) is 9.35. The normalized spacial score (nSPS) is 13.1. The largest absolute Gasteiger partial charge is 0.309 e. The van der Waals surface area contributed by atoms with Gasteiger partial charge in [0.05, 0.1) is 16.7 Å². The molecule has 0 aliphatic heterocycles. The number of benzene rings is 8. The van der Waals surface area contributed by atoms with Crippen LogP contribution in [-0.2, 0) is 5.41 Å². The molecule has 0 amide bonds. The third kappa shape index (κ3) is 5.25. The monoisotopic (exact) mass is 772 g/mol. The van der Waals surface area contributed by atoms with Gasteiger partial charge in [-0.25, -0.2) is 15.0 Å². The van der Waals surface area contributed by atoms with Crippen molar-refractivity contribution in [1.82, 2.24) is 19.5 Å². The highest BCUT2D eigenvalue weighted by molar-refractivity contribution is 7.25. The molecule has 3 heterocycles. The van der Waals surface area contributed by atoms with Crippen molar-refractivity contribution >= 4 is 53.3 Å². The van der Waals surface area contributed by atoms with Gasteiger partial charge in [0.1, 0.15) is 0 Å². The molecule has 5 heteroatoms. The lowest BCUT2D eigenvalue weighted by Crippen LogP contribution is -2.15. The number of rotatable bonds is 5. The highest BCUT2D eigenvalue weighted by atomic mass is 32.1. The van der Waals surface area contributed by atoms with E-state index in [1.54, 1.807) is 0 Å². The second-order valence-electron chi connectivity index (χ2n) is 16.0. The average molecular weight is 773 g/mol. The lowest BCUT2D eigenvalue weighted by molar-refractivity contribution is 0.661. The number of hydrogen-bond donors (Lipinski definition) is 0. The Labute approximate surface area is 345 Å². The molecule has 0 atom stereocenters. The van der Waals surface area contributed by atoms with Crippen LogP contribution in [0.2, 0.25) is 0 Å². The molecule has 0 radical (unpaired) electrons. The van der Waals surface area contributed by atoms with Gasteiger partial charge in [-0.3, -0.25) is 0 Å². The quantitative estimate of drug-likeness (QED) is 0.175. The van der Waals surface area contributed by atoms with Gasteiger partial charge >= 0.3 is 0 Å². The van der Waals surface area contributed by atoms with E-state index in [9.17, 15) is 0 Å². The van der Waals surface area contributed by atoms with Gasteiger partial charge in [-0.2, -0.15) is 0 Å². The summed E-state index contributed by atoms with van der Waals surface area (Å²) in [4.78, 5) is 15.4. The molecular formula is C54H36N4S. The van der Waals surface area contributed by atoms with Crippen LogP contribution in [0, 0.1) is 0 Å². The highest BCUT2D eigenvalue weighted by Gasteiger charge is 2.36. The summed E-state index contributed by atoms with van der Waals surface area (Å²) in [6.07, 6.45) is 0. The molecule has 8 aromatic carbocycles. The Morgan fingerprint density at radius 1 is 0.390 bits per heavy atom. The summed E-state index contributed by atoms with van der Waals surface area (Å²) in [5.74, 6) is 1.91. The van der Waals surface area contributed by atoms with E-state index in [0.29, 0.717) is 17.5 Å². The fourth-order valence-corrected chi connectivity index (χ4v) is 10.4. The lowest BCUT2D eigenvalue weighted by atomic mass is 9.82. The van der Waals surface area contributed by atoms with Crippen LogP contribution in [0.1, 0.15) is 25.0 Å². The Morgan fingerprint density at radius 2 is 1.00 bits per heavy atom. The van der Waals surface area contributed by atoms with Crippen molar-refractivity contribution in [3.63, 3.8) is 0 Å². The molecule has 1 aliphatic carbocycles. The fraction of sp³-hybridized carbons (Fsp3) is 0.0556. The topological polar surface area (TPSA) is 43.6 Å². The number of para-hydroxylation sites is 1. The Bertz CT molecular complexity index is 3410. The summed E-state index contributed by atoms with van der Waals surface area (Å²) in [6, 6.07) is 65.4. The third-order valence-electron chi connectivity index (χ3n) is 12.3. The summed E-state index contributed by atoms with van der Waals surface area (Å²) in [6.45, 7) is 4.72. The van der Waals surface area contributed by atoms with Gasteiger partial charge in [0.15, 0.2) is 17.5 Å². The molecule has 0 saturated heterocycles. The van der Waals surface area contributed by atoms with Gasteiger partial charge in [0.25, 0.3) is 0 Å². The maximum atomic E-state index is 5.18. The third-order valence-corrected chi connectivity index (χ3v) is 13.4. The maximum Gasteiger partial charge on any atom is 0.164 e. The minimum absolute atomic E-state index is 0.149. The number of fused-ring (bicyclic) bond motifs is 9.